The highest BCUT2D eigenvalue weighted by Crippen LogP contribution is 2.33. The first kappa shape index (κ1) is 73.3. The normalized spacial score (nSPS) is 30.0. The minimum absolute atomic E-state index is 0.251. The fourth-order valence-corrected chi connectivity index (χ4v) is 10.7. The van der Waals surface area contributed by atoms with E-state index in [1.165, 1.54) is 116 Å². The first-order valence-corrected chi connectivity index (χ1v) is 31.7. The Labute approximate surface area is 485 Å². The van der Waals surface area contributed by atoms with Crippen molar-refractivity contribution in [2.24, 2.45) is 0 Å². The number of ether oxygens (including phenoxy) is 6. The van der Waals surface area contributed by atoms with Crippen molar-refractivity contribution in [3.63, 3.8) is 0 Å². The second kappa shape index (κ2) is 45.3. The van der Waals surface area contributed by atoms with Gasteiger partial charge in [-0.3, -0.25) is 4.79 Å². The summed E-state index contributed by atoms with van der Waals surface area (Å²) in [7, 11) is 0. The summed E-state index contributed by atoms with van der Waals surface area (Å²) < 4.78 is 34.3. The molecule has 0 saturated carbocycles. The number of carbonyl (C=O) groups is 1. The number of rotatable bonds is 47. The second-order valence-corrected chi connectivity index (χ2v) is 22.9. The van der Waals surface area contributed by atoms with E-state index >= 15 is 0 Å². The van der Waals surface area contributed by atoms with Gasteiger partial charge in [-0.15, -0.1) is 0 Å². The van der Waals surface area contributed by atoms with Crippen LogP contribution in [-0.4, -0.2) is 193 Å². The number of unbranched alkanes of at least 4 members (excludes halogenated alkanes) is 25. The number of aliphatic hydroxyl groups is 11. The summed E-state index contributed by atoms with van der Waals surface area (Å²) in [6.07, 6.45) is 22.2. The zero-order valence-corrected chi connectivity index (χ0v) is 49.5. The van der Waals surface area contributed by atoms with Gasteiger partial charge in [0.25, 0.3) is 0 Å². The van der Waals surface area contributed by atoms with Crippen LogP contribution >= 0.6 is 0 Å². The maximum absolute atomic E-state index is 13.4. The Morgan fingerprint density at radius 2 is 0.815 bits per heavy atom. The summed E-state index contributed by atoms with van der Waals surface area (Å²) in [6.45, 7) is 1.77. The smallest absolute Gasteiger partial charge is 0.220 e. The molecule has 81 heavy (non-hydrogen) atoms. The van der Waals surface area contributed by atoms with Crippen LogP contribution in [0.4, 0.5) is 0 Å². The third-order valence-electron chi connectivity index (χ3n) is 16.0. The van der Waals surface area contributed by atoms with Gasteiger partial charge in [0.2, 0.25) is 5.91 Å². The third kappa shape index (κ3) is 28.8. The average Bonchev–Trinajstić information content (AvgIpc) is 3.57. The number of allylic oxidation sites excluding steroid dienone is 6. The second-order valence-electron chi connectivity index (χ2n) is 22.9. The number of hydrogen-bond acceptors (Lipinski definition) is 18. The Kier molecular flexibility index (Phi) is 41.0. The van der Waals surface area contributed by atoms with Crippen molar-refractivity contribution in [2.75, 3.05) is 26.4 Å². The van der Waals surface area contributed by atoms with Gasteiger partial charge in [0, 0.05) is 6.42 Å². The fourth-order valence-electron chi connectivity index (χ4n) is 10.7. The van der Waals surface area contributed by atoms with Crippen LogP contribution in [0.3, 0.4) is 0 Å². The summed E-state index contributed by atoms with van der Waals surface area (Å²) in [4.78, 5) is 13.4. The van der Waals surface area contributed by atoms with Crippen LogP contribution in [-0.2, 0) is 33.2 Å². The molecule has 0 aromatic heterocycles. The molecule has 3 fully saturated rings. The van der Waals surface area contributed by atoms with Gasteiger partial charge in [0.05, 0.1) is 38.6 Å². The van der Waals surface area contributed by atoms with Crippen LogP contribution in [0.15, 0.2) is 36.5 Å². The molecule has 12 N–H and O–H groups in total. The summed E-state index contributed by atoms with van der Waals surface area (Å²) >= 11 is 0. The molecule has 17 unspecified atom stereocenters. The van der Waals surface area contributed by atoms with Crippen molar-refractivity contribution in [3.8, 4) is 0 Å². The monoisotopic (exact) mass is 1160 g/mol. The van der Waals surface area contributed by atoms with Gasteiger partial charge in [0.15, 0.2) is 18.9 Å². The molecule has 474 valence electrons. The molecule has 3 heterocycles. The maximum atomic E-state index is 13.4. The van der Waals surface area contributed by atoms with E-state index in [4.69, 9.17) is 28.4 Å². The summed E-state index contributed by atoms with van der Waals surface area (Å²) in [5.74, 6) is -0.251. The number of hydrogen-bond donors (Lipinski definition) is 12. The Morgan fingerprint density at radius 3 is 1.27 bits per heavy atom. The lowest BCUT2D eigenvalue weighted by atomic mass is 9.96. The van der Waals surface area contributed by atoms with Gasteiger partial charge < -0.3 is 89.9 Å². The van der Waals surface area contributed by atoms with Gasteiger partial charge in [-0.25, -0.2) is 0 Å². The van der Waals surface area contributed by atoms with Crippen molar-refractivity contribution in [1.82, 2.24) is 5.32 Å². The van der Waals surface area contributed by atoms with E-state index in [2.05, 4.69) is 55.6 Å². The number of amides is 1. The lowest BCUT2D eigenvalue weighted by Gasteiger charge is -2.48. The Hall–Kier alpha value is -1.99. The number of nitrogens with one attached hydrogen (secondary N) is 1. The van der Waals surface area contributed by atoms with Crippen molar-refractivity contribution < 1.29 is 89.4 Å². The predicted octanol–water partition coefficient (Wildman–Crippen LogP) is 6.49. The molecule has 3 aliphatic heterocycles. The fraction of sp³-hybridized carbons (Fsp3) is 0.887. The minimum atomic E-state index is -1.97. The van der Waals surface area contributed by atoms with Gasteiger partial charge in [0.1, 0.15) is 73.2 Å². The van der Waals surface area contributed by atoms with E-state index in [1.807, 2.05) is 0 Å². The quantitative estimate of drug-likeness (QED) is 0.0229. The van der Waals surface area contributed by atoms with Crippen molar-refractivity contribution >= 4 is 5.91 Å². The molecule has 3 rings (SSSR count). The molecule has 19 nitrogen and oxygen atoms in total. The average molecular weight is 1160 g/mol. The molecule has 0 aromatic carbocycles. The molecule has 0 aliphatic carbocycles. The standard InChI is InChI=1S/C62H113NO18/c1-3-5-7-9-11-13-15-17-18-19-20-21-22-23-24-25-26-28-30-32-34-36-38-40-50(68)63-45(46(67)39-37-35-33-31-29-27-16-14-12-10-8-6-4-2)44-76-60-56(74)53(71)58(48(42-65)78-60)81-62-57(75)54(72)59(49(43-66)79-62)80-61-55(73)52(70)51(69)47(41-64)77-61/h15,17,19-20,22-23,45-49,51-62,64-67,69-75H,3-14,16,18,21,24-44H2,1-2H3,(H,63,68)/b17-15-,20-19-,23-22-. The van der Waals surface area contributed by atoms with E-state index in [0.29, 0.717) is 12.8 Å². The van der Waals surface area contributed by atoms with Crippen molar-refractivity contribution in [1.29, 1.82) is 0 Å². The summed E-state index contributed by atoms with van der Waals surface area (Å²) in [5, 5.41) is 120. The highest BCUT2D eigenvalue weighted by atomic mass is 16.8. The highest BCUT2D eigenvalue weighted by molar-refractivity contribution is 5.76. The van der Waals surface area contributed by atoms with Gasteiger partial charge in [-0.05, 0) is 51.4 Å². The first-order chi connectivity index (χ1) is 39.3. The van der Waals surface area contributed by atoms with Gasteiger partial charge in [-0.1, -0.05) is 198 Å². The summed E-state index contributed by atoms with van der Waals surface area (Å²) in [6, 6.07) is -0.890. The molecule has 1 amide bonds. The minimum Gasteiger partial charge on any atom is -0.394 e. The SMILES string of the molecule is CCCCCCC/C=C\C/C=C\C/C=C\CCCCCCCCCCC(=O)NC(COC1OC(CO)C(OC2OC(CO)C(OC3OC(CO)C(O)C(O)C3O)C(O)C2O)C(O)C1O)C(O)CCCCCCCCCCCCCCC. The van der Waals surface area contributed by atoms with E-state index in [9.17, 15) is 61.0 Å². The number of carbonyl (C=O) groups excluding carboxylic acids is 1. The molecular weight excluding hydrogens is 1050 g/mol. The van der Waals surface area contributed by atoms with Crippen molar-refractivity contribution in [2.45, 2.75) is 324 Å². The largest absolute Gasteiger partial charge is 0.394 e. The van der Waals surface area contributed by atoms with Crippen LogP contribution in [0.25, 0.3) is 0 Å². The Morgan fingerprint density at radius 1 is 0.444 bits per heavy atom. The predicted molar refractivity (Wildman–Crippen MR) is 309 cm³/mol. The van der Waals surface area contributed by atoms with Crippen molar-refractivity contribution in [3.05, 3.63) is 36.5 Å². The van der Waals surface area contributed by atoms with Crippen LogP contribution in [0.1, 0.15) is 219 Å². The van der Waals surface area contributed by atoms with E-state index in [1.54, 1.807) is 0 Å². The lowest BCUT2D eigenvalue weighted by molar-refractivity contribution is -0.379. The maximum Gasteiger partial charge on any atom is 0.220 e. The molecular formula is C62H113NO18. The van der Waals surface area contributed by atoms with Gasteiger partial charge in [-0.2, -0.15) is 0 Å². The van der Waals surface area contributed by atoms with Gasteiger partial charge >= 0.3 is 0 Å². The van der Waals surface area contributed by atoms with E-state index in [0.717, 1.165) is 70.6 Å². The molecule has 0 aromatic rings. The molecule has 19 heteroatoms. The Bertz CT molecular complexity index is 1620. The highest BCUT2D eigenvalue weighted by Gasteiger charge is 2.53. The van der Waals surface area contributed by atoms with E-state index in [-0.39, 0.29) is 18.9 Å². The zero-order chi connectivity index (χ0) is 59.0. The van der Waals surface area contributed by atoms with Crippen LogP contribution < -0.4 is 5.32 Å². The zero-order valence-electron chi connectivity index (χ0n) is 49.5. The number of aliphatic hydroxyl groups excluding tert-OH is 11. The lowest BCUT2D eigenvalue weighted by Crippen LogP contribution is -2.66. The third-order valence-corrected chi connectivity index (χ3v) is 16.0. The molecule has 3 saturated heterocycles. The van der Waals surface area contributed by atoms with Crippen LogP contribution in [0.2, 0.25) is 0 Å². The molecule has 0 radical (unpaired) electrons. The topological polar surface area (TPSA) is 307 Å². The van der Waals surface area contributed by atoms with Crippen LogP contribution in [0.5, 0.6) is 0 Å². The summed E-state index contributed by atoms with van der Waals surface area (Å²) in [5.41, 5.74) is 0. The van der Waals surface area contributed by atoms with Crippen LogP contribution in [0, 0.1) is 0 Å². The molecule has 0 spiro atoms. The molecule has 17 atom stereocenters. The molecule has 3 aliphatic rings. The van der Waals surface area contributed by atoms with E-state index < -0.39 is 124 Å². The Balaban J connectivity index is 1.46. The molecule has 0 bridgehead atoms. The first-order valence-electron chi connectivity index (χ1n) is 31.7.